The molecular formula is C11H7Cl3N2O2. The van der Waals surface area contributed by atoms with Crippen LogP contribution in [0.15, 0.2) is 39.9 Å². The standard InChI is InChI=1S/C11H7Cl3N2O2/c12-11(13,14)9-6-15-16(18-9)10-5-7-3-1-2-4-8(7)17-10/h1-6,9H. The Balaban J connectivity index is 1.87. The number of para-hydroxylation sites is 1. The highest BCUT2D eigenvalue weighted by Crippen LogP contribution is 2.36. The molecule has 1 atom stereocenters. The van der Waals surface area contributed by atoms with Crippen LogP contribution < -0.4 is 5.17 Å². The normalized spacial score (nSPS) is 19.9. The SMILES string of the molecule is ClC(Cl)(Cl)C1C=NN(c2cc3ccccc3o2)O1. The van der Waals surface area contributed by atoms with Crippen molar-refractivity contribution in [1.29, 1.82) is 0 Å². The van der Waals surface area contributed by atoms with Gasteiger partial charge in [0.2, 0.25) is 9.68 Å². The zero-order chi connectivity index (χ0) is 12.8. The molecule has 1 aromatic carbocycles. The Kier molecular flexibility index (Phi) is 2.90. The van der Waals surface area contributed by atoms with E-state index < -0.39 is 9.90 Å². The number of hydrogen-bond acceptors (Lipinski definition) is 4. The van der Waals surface area contributed by atoms with E-state index in [0.29, 0.717) is 5.88 Å². The molecule has 0 saturated heterocycles. The topological polar surface area (TPSA) is 38.0 Å². The van der Waals surface area contributed by atoms with Gasteiger partial charge in [0.25, 0.3) is 0 Å². The third kappa shape index (κ3) is 2.17. The van der Waals surface area contributed by atoms with E-state index in [0.717, 1.165) is 11.0 Å². The Hall–Kier alpha value is -0.940. The van der Waals surface area contributed by atoms with E-state index in [9.17, 15) is 0 Å². The molecule has 1 aliphatic rings. The fraction of sp³-hybridized carbons (Fsp3) is 0.182. The number of alkyl halides is 3. The second-order valence-electron chi connectivity index (χ2n) is 3.73. The van der Waals surface area contributed by atoms with Gasteiger partial charge in [-0.2, -0.15) is 5.10 Å². The first-order valence-electron chi connectivity index (χ1n) is 5.10. The molecule has 0 N–H and O–H groups in total. The maximum Gasteiger partial charge on any atom is 0.243 e. The summed E-state index contributed by atoms with van der Waals surface area (Å²) in [5, 5.41) is 6.14. The van der Waals surface area contributed by atoms with Gasteiger partial charge in [-0.15, -0.1) is 5.17 Å². The number of furan rings is 1. The molecule has 0 radical (unpaired) electrons. The van der Waals surface area contributed by atoms with Crippen molar-refractivity contribution in [2.75, 3.05) is 5.17 Å². The minimum absolute atomic E-state index is 0.434. The lowest BCUT2D eigenvalue weighted by molar-refractivity contribution is 0.0922. The number of anilines is 1. The first kappa shape index (κ1) is 12.1. The number of benzene rings is 1. The molecule has 0 fully saturated rings. The van der Waals surface area contributed by atoms with Crippen LogP contribution in [0.1, 0.15) is 0 Å². The summed E-state index contributed by atoms with van der Waals surface area (Å²) in [6.45, 7) is 0. The first-order chi connectivity index (χ1) is 8.54. The van der Waals surface area contributed by atoms with Crippen molar-refractivity contribution in [1.82, 2.24) is 0 Å². The van der Waals surface area contributed by atoms with Crippen LogP contribution in [0.25, 0.3) is 11.0 Å². The third-order valence-electron chi connectivity index (χ3n) is 2.44. The Morgan fingerprint density at radius 2 is 2.00 bits per heavy atom. The zero-order valence-corrected chi connectivity index (χ0v) is 11.2. The average Bonchev–Trinajstić information content (AvgIpc) is 2.94. The highest BCUT2D eigenvalue weighted by atomic mass is 35.6. The number of hydrogen-bond donors (Lipinski definition) is 0. The summed E-state index contributed by atoms with van der Waals surface area (Å²) in [6.07, 6.45) is 0.677. The fourth-order valence-electron chi connectivity index (χ4n) is 1.60. The predicted octanol–water partition coefficient (Wildman–Crippen LogP) is 3.91. The zero-order valence-electron chi connectivity index (χ0n) is 8.89. The van der Waals surface area contributed by atoms with Gasteiger partial charge >= 0.3 is 0 Å². The molecule has 1 aliphatic heterocycles. The minimum atomic E-state index is -1.57. The van der Waals surface area contributed by atoms with Crippen molar-refractivity contribution in [3.05, 3.63) is 30.3 Å². The van der Waals surface area contributed by atoms with Crippen LogP contribution in [0.2, 0.25) is 0 Å². The van der Waals surface area contributed by atoms with E-state index in [1.165, 1.54) is 11.4 Å². The van der Waals surface area contributed by atoms with E-state index in [4.69, 9.17) is 44.1 Å². The number of halogens is 3. The van der Waals surface area contributed by atoms with Gasteiger partial charge in [0.05, 0.1) is 6.21 Å². The summed E-state index contributed by atoms with van der Waals surface area (Å²) in [6, 6.07) is 9.38. The number of fused-ring (bicyclic) bond motifs is 1. The number of nitrogens with zero attached hydrogens (tertiary/aromatic N) is 2. The molecule has 0 bridgehead atoms. The Morgan fingerprint density at radius 1 is 1.22 bits per heavy atom. The number of hydrazone groups is 1. The Morgan fingerprint density at radius 3 is 2.67 bits per heavy atom. The van der Waals surface area contributed by atoms with Gasteiger partial charge in [0.1, 0.15) is 5.58 Å². The summed E-state index contributed by atoms with van der Waals surface area (Å²) in [7, 11) is 0. The monoisotopic (exact) mass is 304 g/mol. The first-order valence-corrected chi connectivity index (χ1v) is 6.24. The Labute approximate surface area is 118 Å². The lowest BCUT2D eigenvalue weighted by Gasteiger charge is -2.17. The van der Waals surface area contributed by atoms with Crippen LogP contribution in [0.5, 0.6) is 0 Å². The number of rotatable bonds is 1. The van der Waals surface area contributed by atoms with Crippen LogP contribution in [-0.4, -0.2) is 16.1 Å². The molecule has 0 aliphatic carbocycles. The average molecular weight is 306 g/mol. The summed E-state index contributed by atoms with van der Waals surface area (Å²) < 4.78 is 4.01. The maximum atomic E-state index is 5.73. The van der Waals surface area contributed by atoms with Gasteiger partial charge in [-0.25, -0.2) is 4.84 Å². The molecule has 0 spiro atoms. The minimum Gasteiger partial charge on any atom is -0.437 e. The van der Waals surface area contributed by atoms with E-state index in [2.05, 4.69) is 5.10 Å². The van der Waals surface area contributed by atoms with E-state index in [1.54, 1.807) is 6.07 Å². The maximum absolute atomic E-state index is 5.73. The second-order valence-corrected chi connectivity index (χ2v) is 6.10. The van der Waals surface area contributed by atoms with Crippen molar-refractivity contribution in [3.8, 4) is 0 Å². The quantitative estimate of drug-likeness (QED) is 0.750. The second kappa shape index (κ2) is 4.31. The molecule has 18 heavy (non-hydrogen) atoms. The van der Waals surface area contributed by atoms with Crippen molar-refractivity contribution in [3.63, 3.8) is 0 Å². The van der Waals surface area contributed by atoms with Gasteiger partial charge in [0, 0.05) is 11.5 Å². The van der Waals surface area contributed by atoms with E-state index in [1.807, 2.05) is 24.3 Å². The third-order valence-corrected chi connectivity index (χ3v) is 3.09. The molecule has 1 unspecified atom stereocenters. The fourth-order valence-corrected chi connectivity index (χ4v) is 1.89. The van der Waals surface area contributed by atoms with Crippen molar-refractivity contribution in [2.45, 2.75) is 9.90 Å². The molecule has 2 aromatic rings. The van der Waals surface area contributed by atoms with Gasteiger partial charge < -0.3 is 4.42 Å². The van der Waals surface area contributed by atoms with Gasteiger partial charge in [0.15, 0.2) is 6.10 Å². The van der Waals surface area contributed by atoms with E-state index in [-0.39, 0.29) is 0 Å². The molecule has 0 amide bonds. The van der Waals surface area contributed by atoms with Crippen LogP contribution in [-0.2, 0) is 4.84 Å². The van der Waals surface area contributed by atoms with Crippen molar-refractivity contribution < 1.29 is 9.25 Å². The summed E-state index contributed by atoms with van der Waals surface area (Å²) in [4.78, 5) is 5.36. The summed E-state index contributed by atoms with van der Waals surface area (Å²) in [5.41, 5.74) is 0.739. The van der Waals surface area contributed by atoms with Crippen LogP contribution in [0, 0.1) is 0 Å². The molecule has 2 heterocycles. The van der Waals surface area contributed by atoms with Crippen molar-refractivity contribution >= 4 is 57.9 Å². The Bertz CT molecular complexity index is 573. The predicted molar refractivity (Wildman–Crippen MR) is 72.3 cm³/mol. The molecule has 4 nitrogen and oxygen atoms in total. The molecule has 94 valence electrons. The van der Waals surface area contributed by atoms with E-state index >= 15 is 0 Å². The van der Waals surface area contributed by atoms with Crippen LogP contribution in [0.3, 0.4) is 0 Å². The molecule has 7 heteroatoms. The molecule has 0 saturated carbocycles. The smallest absolute Gasteiger partial charge is 0.243 e. The van der Waals surface area contributed by atoms with Crippen LogP contribution >= 0.6 is 34.8 Å². The summed E-state index contributed by atoms with van der Waals surface area (Å²) in [5.74, 6) is 0.434. The van der Waals surface area contributed by atoms with Crippen LogP contribution in [0.4, 0.5) is 5.88 Å². The van der Waals surface area contributed by atoms with Gasteiger partial charge in [-0.05, 0) is 6.07 Å². The lowest BCUT2D eigenvalue weighted by Crippen LogP contribution is -2.30. The molecular weight excluding hydrogens is 298 g/mol. The highest BCUT2D eigenvalue weighted by Gasteiger charge is 2.38. The highest BCUT2D eigenvalue weighted by molar-refractivity contribution is 6.68. The molecule has 3 rings (SSSR count). The van der Waals surface area contributed by atoms with Gasteiger partial charge in [-0.1, -0.05) is 53.0 Å². The largest absolute Gasteiger partial charge is 0.437 e. The van der Waals surface area contributed by atoms with Crippen molar-refractivity contribution in [2.24, 2.45) is 5.10 Å². The summed E-state index contributed by atoms with van der Waals surface area (Å²) >= 11 is 17.2. The van der Waals surface area contributed by atoms with Gasteiger partial charge in [-0.3, -0.25) is 0 Å². The lowest BCUT2D eigenvalue weighted by atomic mass is 10.3. The molecule has 1 aromatic heterocycles.